The van der Waals surface area contributed by atoms with E-state index in [1.165, 1.54) is 37.3 Å². The van der Waals surface area contributed by atoms with Crippen molar-refractivity contribution in [1.29, 1.82) is 5.26 Å². The minimum absolute atomic E-state index is 0.0233. The Morgan fingerprint density at radius 3 is 2.15 bits per heavy atom. The van der Waals surface area contributed by atoms with Gasteiger partial charge in [-0.15, -0.1) is 0 Å². The van der Waals surface area contributed by atoms with Crippen LogP contribution in [0.25, 0.3) is 6.08 Å². The third-order valence-corrected chi connectivity index (χ3v) is 2.57. The van der Waals surface area contributed by atoms with E-state index in [2.05, 4.69) is 0 Å². The van der Waals surface area contributed by atoms with Crippen LogP contribution in [0, 0.1) is 11.3 Å². The van der Waals surface area contributed by atoms with Gasteiger partial charge < -0.3 is 19.5 Å². The van der Waals surface area contributed by atoms with Gasteiger partial charge in [0.15, 0.2) is 11.5 Å². The van der Waals surface area contributed by atoms with Crippen molar-refractivity contribution in [1.82, 2.24) is 4.90 Å². The molecule has 0 unspecified atom stereocenters. The van der Waals surface area contributed by atoms with E-state index in [-0.39, 0.29) is 22.8 Å². The quantitative estimate of drug-likeness (QED) is 0.664. The van der Waals surface area contributed by atoms with Gasteiger partial charge in [0.25, 0.3) is 5.91 Å². The first kappa shape index (κ1) is 15.4. The molecular formula is C14H16N2O4. The van der Waals surface area contributed by atoms with Crippen molar-refractivity contribution in [3.8, 4) is 23.3 Å². The Morgan fingerprint density at radius 2 is 1.80 bits per heavy atom. The molecule has 20 heavy (non-hydrogen) atoms. The second kappa shape index (κ2) is 6.48. The topological polar surface area (TPSA) is 82.8 Å². The summed E-state index contributed by atoms with van der Waals surface area (Å²) < 4.78 is 10.0. The second-order valence-electron chi connectivity index (χ2n) is 4.14. The van der Waals surface area contributed by atoms with Gasteiger partial charge in [0.1, 0.15) is 11.6 Å². The lowest BCUT2D eigenvalue weighted by atomic mass is 10.1. The predicted molar refractivity (Wildman–Crippen MR) is 73.5 cm³/mol. The van der Waals surface area contributed by atoms with Crippen LogP contribution >= 0.6 is 0 Å². The summed E-state index contributed by atoms with van der Waals surface area (Å²) in [6.07, 6.45) is 1.41. The van der Waals surface area contributed by atoms with Crippen molar-refractivity contribution < 1.29 is 19.4 Å². The highest BCUT2D eigenvalue weighted by Crippen LogP contribution is 2.37. The number of phenolic OH excluding ortho intramolecular Hbond substituents is 1. The minimum atomic E-state index is -0.404. The first-order chi connectivity index (χ1) is 9.44. The third kappa shape index (κ3) is 3.20. The first-order valence-corrected chi connectivity index (χ1v) is 5.73. The molecule has 6 nitrogen and oxygen atoms in total. The zero-order valence-electron chi connectivity index (χ0n) is 11.8. The number of carbonyl (C=O) groups excluding carboxylic acids is 1. The summed E-state index contributed by atoms with van der Waals surface area (Å²) in [5, 5.41) is 18.8. The van der Waals surface area contributed by atoms with Crippen LogP contribution in [0.1, 0.15) is 5.56 Å². The van der Waals surface area contributed by atoms with Crippen LogP contribution in [0.3, 0.4) is 0 Å². The second-order valence-corrected chi connectivity index (χ2v) is 4.14. The Morgan fingerprint density at radius 1 is 1.30 bits per heavy atom. The Kier molecular flexibility index (Phi) is 4.98. The number of amides is 1. The van der Waals surface area contributed by atoms with Gasteiger partial charge >= 0.3 is 0 Å². The molecular weight excluding hydrogens is 260 g/mol. The molecule has 0 atom stereocenters. The molecule has 0 spiro atoms. The van der Waals surface area contributed by atoms with Crippen LogP contribution in [0.4, 0.5) is 0 Å². The SMILES string of the molecule is COc1cc(/C=C(/C#N)C(=O)N(C)C)cc(OC)c1O. The fourth-order valence-electron chi connectivity index (χ4n) is 1.55. The van der Waals surface area contributed by atoms with E-state index >= 15 is 0 Å². The van der Waals surface area contributed by atoms with Crippen molar-refractivity contribution in [2.75, 3.05) is 28.3 Å². The van der Waals surface area contributed by atoms with Crippen molar-refractivity contribution in [3.63, 3.8) is 0 Å². The van der Waals surface area contributed by atoms with Crippen LogP contribution in [-0.4, -0.2) is 44.2 Å². The molecule has 0 aliphatic heterocycles. The lowest BCUT2D eigenvalue weighted by Crippen LogP contribution is -2.22. The Labute approximate surface area is 117 Å². The molecule has 1 amide bonds. The molecule has 1 aromatic carbocycles. The maximum Gasteiger partial charge on any atom is 0.264 e. The average molecular weight is 276 g/mol. The highest BCUT2D eigenvalue weighted by molar-refractivity contribution is 6.01. The minimum Gasteiger partial charge on any atom is -0.502 e. The number of hydrogen-bond donors (Lipinski definition) is 1. The van der Waals surface area contributed by atoms with Crippen LogP contribution in [-0.2, 0) is 4.79 Å². The van der Waals surface area contributed by atoms with E-state index in [1.807, 2.05) is 6.07 Å². The number of methoxy groups -OCH3 is 2. The summed E-state index contributed by atoms with van der Waals surface area (Å²) >= 11 is 0. The smallest absolute Gasteiger partial charge is 0.264 e. The number of nitrogens with zero attached hydrogens (tertiary/aromatic N) is 2. The number of benzene rings is 1. The van der Waals surface area contributed by atoms with E-state index in [9.17, 15) is 9.90 Å². The molecule has 1 N–H and O–H groups in total. The number of aromatic hydroxyl groups is 1. The van der Waals surface area contributed by atoms with E-state index in [0.29, 0.717) is 5.56 Å². The molecule has 0 saturated carbocycles. The first-order valence-electron chi connectivity index (χ1n) is 5.73. The monoisotopic (exact) mass is 276 g/mol. The van der Waals surface area contributed by atoms with Crippen LogP contribution in [0.15, 0.2) is 17.7 Å². The number of rotatable bonds is 4. The lowest BCUT2D eigenvalue weighted by molar-refractivity contribution is -0.124. The Hall–Kier alpha value is -2.68. The summed E-state index contributed by atoms with van der Waals surface area (Å²) in [4.78, 5) is 13.1. The van der Waals surface area contributed by atoms with Crippen LogP contribution in [0.5, 0.6) is 17.2 Å². The van der Waals surface area contributed by atoms with E-state index < -0.39 is 5.91 Å². The molecule has 0 fully saturated rings. The lowest BCUT2D eigenvalue weighted by Gasteiger charge is -2.11. The molecule has 0 saturated heterocycles. The number of likely N-dealkylation sites (N-methyl/N-ethyl adjacent to an activating group) is 1. The third-order valence-electron chi connectivity index (χ3n) is 2.57. The molecule has 0 aliphatic rings. The zero-order chi connectivity index (χ0) is 15.3. The zero-order valence-corrected chi connectivity index (χ0v) is 11.8. The highest BCUT2D eigenvalue weighted by Gasteiger charge is 2.14. The summed E-state index contributed by atoms with van der Waals surface area (Å²) in [5.74, 6) is -0.140. The normalized spacial score (nSPS) is 10.7. The summed E-state index contributed by atoms with van der Waals surface area (Å²) in [7, 11) is 5.92. The van der Waals surface area contributed by atoms with Gasteiger partial charge in [-0.25, -0.2) is 0 Å². The molecule has 0 aromatic heterocycles. The Balaban J connectivity index is 3.33. The number of nitriles is 1. The van der Waals surface area contributed by atoms with Gasteiger partial charge in [0, 0.05) is 14.1 Å². The maximum absolute atomic E-state index is 11.8. The van der Waals surface area contributed by atoms with E-state index in [4.69, 9.17) is 14.7 Å². The molecule has 6 heteroatoms. The molecule has 0 aliphatic carbocycles. The van der Waals surface area contributed by atoms with E-state index in [1.54, 1.807) is 14.1 Å². The van der Waals surface area contributed by atoms with Gasteiger partial charge in [0.05, 0.1) is 14.2 Å². The molecule has 1 rings (SSSR count). The number of phenols is 1. The van der Waals surface area contributed by atoms with Crippen molar-refractivity contribution >= 4 is 12.0 Å². The number of carbonyl (C=O) groups is 1. The van der Waals surface area contributed by atoms with Gasteiger partial charge in [0.2, 0.25) is 5.75 Å². The number of hydrogen-bond acceptors (Lipinski definition) is 5. The van der Waals surface area contributed by atoms with Crippen molar-refractivity contribution in [2.24, 2.45) is 0 Å². The van der Waals surface area contributed by atoms with Gasteiger partial charge in [-0.05, 0) is 23.8 Å². The summed E-state index contributed by atoms with van der Waals surface area (Å²) in [5.41, 5.74) is 0.494. The Bertz CT molecular complexity index is 560. The van der Waals surface area contributed by atoms with Gasteiger partial charge in [-0.3, -0.25) is 4.79 Å². The fourth-order valence-corrected chi connectivity index (χ4v) is 1.55. The summed E-state index contributed by atoms with van der Waals surface area (Å²) in [6, 6.07) is 4.87. The predicted octanol–water partition coefficient (Wildman–Crippen LogP) is 1.40. The molecule has 106 valence electrons. The molecule has 0 radical (unpaired) electrons. The highest BCUT2D eigenvalue weighted by atomic mass is 16.5. The largest absolute Gasteiger partial charge is 0.502 e. The fraction of sp³-hybridized carbons (Fsp3) is 0.286. The van der Waals surface area contributed by atoms with E-state index in [0.717, 1.165) is 0 Å². The van der Waals surface area contributed by atoms with Crippen molar-refractivity contribution in [2.45, 2.75) is 0 Å². The summed E-state index contributed by atoms with van der Waals surface area (Å²) in [6.45, 7) is 0. The molecule has 1 aromatic rings. The van der Waals surface area contributed by atoms with Gasteiger partial charge in [-0.2, -0.15) is 5.26 Å². The standard InChI is InChI=1S/C14H16N2O4/c1-16(2)14(18)10(8-15)5-9-6-11(19-3)13(17)12(7-9)20-4/h5-7,17H,1-4H3/b10-5-. The maximum atomic E-state index is 11.8. The van der Waals surface area contributed by atoms with Crippen LogP contribution < -0.4 is 9.47 Å². The molecule has 0 bridgehead atoms. The van der Waals surface area contributed by atoms with Gasteiger partial charge in [-0.1, -0.05) is 0 Å². The molecule has 0 heterocycles. The number of ether oxygens (including phenoxy) is 2. The van der Waals surface area contributed by atoms with Crippen molar-refractivity contribution in [3.05, 3.63) is 23.3 Å². The average Bonchev–Trinajstić information content (AvgIpc) is 2.45. The van der Waals surface area contributed by atoms with Crippen LogP contribution in [0.2, 0.25) is 0 Å².